The van der Waals surface area contributed by atoms with E-state index in [9.17, 15) is 9.59 Å². The Labute approximate surface area is 120 Å². The van der Waals surface area contributed by atoms with Crippen LogP contribution in [-0.4, -0.2) is 23.7 Å². The van der Waals surface area contributed by atoms with Gasteiger partial charge in [0.25, 0.3) is 0 Å². The summed E-state index contributed by atoms with van der Waals surface area (Å²) in [6, 6.07) is 12.2. The van der Waals surface area contributed by atoms with Gasteiger partial charge in [0.1, 0.15) is 0 Å². The Balaban J connectivity index is 2.02. The highest BCUT2D eigenvalue weighted by molar-refractivity contribution is 6.29. The molecule has 1 aliphatic rings. The fraction of sp³-hybridized carbons (Fsp3) is 0.0588. The third-order valence-electron chi connectivity index (χ3n) is 3.86. The van der Waals surface area contributed by atoms with Crippen molar-refractivity contribution in [2.24, 2.45) is 0 Å². The molecular weight excluding hydrogens is 266 g/mol. The van der Waals surface area contributed by atoms with Crippen molar-refractivity contribution in [3.8, 4) is 5.88 Å². The maximum absolute atomic E-state index is 12.6. The normalized spacial score (nSPS) is 13.2. The number of fused-ring (bicyclic) bond motifs is 3. The summed E-state index contributed by atoms with van der Waals surface area (Å²) < 4.78 is 5.15. The second-order valence-electron chi connectivity index (χ2n) is 5.03. The van der Waals surface area contributed by atoms with E-state index in [0.29, 0.717) is 28.1 Å². The Morgan fingerprint density at radius 1 is 0.857 bits per heavy atom. The molecule has 0 saturated carbocycles. The number of H-pyrrole nitrogens is 1. The number of carbonyl (C=O) groups is 2. The van der Waals surface area contributed by atoms with Crippen LogP contribution in [0.3, 0.4) is 0 Å². The number of ketones is 2. The molecule has 3 aromatic rings. The summed E-state index contributed by atoms with van der Waals surface area (Å²) in [5.41, 5.74) is 2.61. The number of carbonyl (C=O) groups excluding carboxylic acids is 2. The standard InChI is InChI=1S/C17H11NO3/c1-21-15-7-9-6-12-13(8-14(9)18-15)17(20)11-5-3-2-4-10(11)16(12)19/h2-8,18H,1H3. The smallest absolute Gasteiger partial charge is 0.194 e. The van der Waals surface area contributed by atoms with Crippen LogP contribution in [0, 0.1) is 0 Å². The van der Waals surface area contributed by atoms with Crippen molar-refractivity contribution < 1.29 is 14.3 Å². The number of hydrogen-bond acceptors (Lipinski definition) is 3. The number of benzene rings is 2. The van der Waals surface area contributed by atoms with E-state index in [1.54, 1.807) is 43.5 Å². The van der Waals surface area contributed by atoms with E-state index < -0.39 is 0 Å². The minimum absolute atomic E-state index is 0.109. The molecule has 4 nitrogen and oxygen atoms in total. The van der Waals surface area contributed by atoms with Crippen molar-refractivity contribution in [3.63, 3.8) is 0 Å². The van der Waals surface area contributed by atoms with Gasteiger partial charge in [0.15, 0.2) is 17.4 Å². The monoisotopic (exact) mass is 277 g/mol. The zero-order valence-electron chi connectivity index (χ0n) is 11.3. The third-order valence-corrected chi connectivity index (χ3v) is 3.86. The van der Waals surface area contributed by atoms with Gasteiger partial charge in [0, 0.05) is 39.2 Å². The zero-order valence-corrected chi connectivity index (χ0v) is 11.3. The summed E-state index contributed by atoms with van der Waals surface area (Å²) in [4.78, 5) is 28.2. The van der Waals surface area contributed by atoms with Gasteiger partial charge >= 0.3 is 0 Å². The Kier molecular flexibility index (Phi) is 2.30. The van der Waals surface area contributed by atoms with Crippen molar-refractivity contribution in [1.29, 1.82) is 0 Å². The Hall–Kier alpha value is -2.88. The molecule has 1 heterocycles. The lowest BCUT2D eigenvalue weighted by Crippen LogP contribution is -2.20. The van der Waals surface area contributed by atoms with Crippen molar-refractivity contribution in [2.75, 3.05) is 7.11 Å². The lowest BCUT2D eigenvalue weighted by atomic mass is 9.83. The maximum Gasteiger partial charge on any atom is 0.194 e. The van der Waals surface area contributed by atoms with Crippen LogP contribution in [0.1, 0.15) is 31.8 Å². The minimum Gasteiger partial charge on any atom is -0.482 e. The molecule has 0 radical (unpaired) electrons. The van der Waals surface area contributed by atoms with E-state index in [0.717, 1.165) is 10.9 Å². The van der Waals surface area contributed by atoms with E-state index >= 15 is 0 Å². The molecule has 0 atom stereocenters. The fourth-order valence-corrected chi connectivity index (χ4v) is 2.81. The van der Waals surface area contributed by atoms with Crippen LogP contribution < -0.4 is 4.74 Å². The van der Waals surface area contributed by atoms with E-state index in [1.807, 2.05) is 6.07 Å². The first-order valence-corrected chi connectivity index (χ1v) is 6.58. The van der Waals surface area contributed by atoms with Gasteiger partial charge in [-0.05, 0) is 12.1 Å². The molecule has 0 bridgehead atoms. The maximum atomic E-state index is 12.6. The van der Waals surface area contributed by atoms with Gasteiger partial charge in [-0.15, -0.1) is 0 Å². The first kappa shape index (κ1) is 11.9. The summed E-state index contributed by atoms with van der Waals surface area (Å²) in [6.45, 7) is 0. The molecule has 0 unspecified atom stereocenters. The number of aromatic amines is 1. The van der Waals surface area contributed by atoms with Crippen LogP contribution >= 0.6 is 0 Å². The highest BCUT2D eigenvalue weighted by atomic mass is 16.5. The molecule has 0 amide bonds. The van der Waals surface area contributed by atoms with E-state index in [4.69, 9.17) is 4.74 Å². The van der Waals surface area contributed by atoms with Crippen LogP contribution in [-0.2, 0) is 0 Å². The highest BCUT2D eigenvalue weighted by Crippen LogP contribution is 2.31. The fourth-order valence-electron chi connectivity index (χ4n) is 2.81. The minimum atomic E-state index is -0.115. The number of hydrogen-bond donors (Lipinski definition) is 1. The number of ether oxygens (including phenoxy) is 1. The summed E-state index contributed by atoms with van der Waals surface area (Å²) in [6.07, 6.45) is 0. The second-order valence-corrected chi connectivity index (χ2v) is 5.03. The Bertz CT molecular complexity index is 849. The predicted octanol–water partition coefficient (Wildman–Crippen LogP) is 2.95. The molecule has 0 fully saturated rings. The van der Waals surface area contributed by atoms with E-state index in [-0.39, 0.29) is 11.6 Å². The highest BCUT2D eigenvalue weighted by Gasteiger charge is 2.29. The molecular formula is C17H11NO3. The van der Waals surface area contributed by atoms with Gasteiger partial charge in [-0.3, -0.25) is 9.59 Å². The van der Waals surface area contributed by atoms with Crippen molar-refractivity contribution in [3.05, 3.63) is 64.7 Å². The summed E-state index contributed by atoms with van der Waals surface area (Å²) in [5.74, 6) is 0.377. The lowest BCUT2D eigenvalue weighted by Gasteiger charge is -2.17. The first-order chi connectivity index (χ1) is 10.2. The molecule has 0 aliphatic heterocycles. The topological polar surface area (TPSA) is 59.2 Å². The second kappa shape index (κ2) is 4.06. The van der Waals surface area contributed by atoms with Crippen molar-refractivity contribution in [2.45, 2.75) is 0 Å². The van der Waals surface area contributed by atoms with E-state index in [1.165, 1.54) is 0 Å². The van der Waals surface area contributed by atoms with Gasteiger partial charge in [-0.1, -0.05) is 24.3 Å². The first-order valence-electron chi connectivity index (χ1n) is 6.58. The Morgan fingerprint density at radius 3 is 2.10 bits per heavy atom. The van der Waals surface area contributed by atoms with Gasteiger partial charge in [-0.2, -0.15) is 0 Å². The van der Waals surface area contributed by atoms with Gasteiger partial charge in [0.2, 0.25) is 0 Å². The molecule has 1 aliphatic carbocycles. The van der Waals surface area contributed by atoms with E-state index in [2.05, 4.69) is 4.98 Å². The van der Waals surface area contributed by atoms with Crippen molar-refractivity contribution in [1.82, 2.24) is 4.98 Å². The number of nitrogens with one attached hydrogen (secondary N) is 1. The Morgan fingerprint density at radius 2 is 1.48 bits per heavy atom. The molecule has 1 N–H and O–H groups in total. The van der Waals surface area contributed by atoms with Gasteiger partial charge in [-0.25, -0.2) is 0 Å². The molecule has 2 aromatic carbocycles. The van der Waals surface area contributed by atoms with Crippen LogP contribution in [0.4, 0.5) is 0 Å². The quantitative estimate of drug-likeness (QED) is 0.582. The summed E-state index contributed by atoms with van der Waals surface area (Å²) >= 11 is 0. The van der Waals surface area contributed by atoms with Gasteiger partial charge < -0.3 is 9.72 Å². The van der Waals surface area contributed by atoms with Crippen LogP contribution in [0.15, 0.2) is 42.5 Å². The van der Waals surface area contributed by atoms with Crippen molar-refractivity contribution >= 4 is 22.5 Å². The van der Waals surface area contributed by atoms with Gasteiger partial charge in [0.05, 0.1) is 7.11 Å². The largest absolute Gasteiger partial charge is 0.482 e. The molecule has 4 rings (SSSR count). The van der Waals surface area contributed by atoms with Crippen LogP contribution in [0.2, 0.25) is 0 Å². The summed E-state index contributed by atoms with van der Waals surface area (Å²) in [7, 11) is 1.57. The molecule has 102 valence electrons. The number of methoxy groups -OCH3 is 1. The predicted molar refractivity (Wildman–Crippen MR) is 78.2 cm³/mol. The zero-order chi connectivity index (χ0) is 14.6. The molecule has 4 heteroatoms. The summed E-state index contributed by atoms with van der Waals surface area (Å²) in [5, 5.41) is 0.853. The lowest BCUT2D eigenvalue weighted by molar-refractivity contribution is 0.0979. The average molecular weight is 277 g/mol. The molecule has 0 saturated heterocycles. The third kappa shape index (κ3) is 1.56. The molecule has 1 aromatic heterocycles. The molecule has 0 spiro atoms. The SMILES string of the molecule is COc1cc2cc3c(cc2[nH]1)C(=O)c1ccccc1C3=O. The molecule has 21 heavy (non-hydrogen) atoms. The van der Waals surface area contributed by atoms with Crippen LogP contribution in [0.25, 0.3) is 10.9 Å². The average Bonchev–Trinajstić information content (AvgIpc) is 2.93. The number of aromatic nitrogens is 1. The van der Waals surface area contributed by atoms with Crippen LogP contribution in [0.5, 0.6) is 5.88 Å². The number of rotatable bonds is 1.